The van der Waals surface area contributed by atoms with Crippen LogP contribution in [0.4, 0.5) is 0 Å². The molecular formula is C19H28N6O3. The number of aliphatic hydroxyl groups excluding tert-OH is 1. The zero-order valence-electron chi connectivity index (χ0n) is 16.9. The van der Waals surface area contributed by atoms with Crippen molar-refractivity contribution < 1.29 is 14.4 Å². The highest BCUT2D eigenvalue weighted by atomic mass is 16.5. The first-order chi connectivity index (χ1) is 13.3. The summed E-state index contributed by atoms with van der Waals surface area (Å²) >= 11 is 0. The first-order valence-corrected chi connectivity index (χ1v) is 9.89. The highest BCUT2D eigenvalue weighted by Gasteiger charge is 2.40. The third kappa shape index (κ3) is 3.33. The number of rotatable bonds is 4. The van der Waals surface area contributed by atoms with Gasteiger partial charge in [-0.25, -0.2) is 0 Å². The van der Waals surface area contributed by atoms with Gasteiger partial charge in [0.1, 0.15) is 11.6 Å². The lowest BCUT2D eigenvalue weighted by Gasteiger charge is -2.30. The SMILES string of the molecule is Cc1noc(C)c1CN1CCn2c(nnc2[C@@H]2C[C@@H](O)CN2C(=O)C(C)C)C1. The minimum Gasteiger partial charge on any atom is -0.391 e. The molecule has 2 aromatic heterocycles. The molecule has 1 amide bonds. The maximum Gasteiger partial charge on any atom is 0.225 e. The van der Waals surface area contributed by atoms with Crippen molar-refractivity contribution in [1.82, 2.24) is 29.7 Å². The maximum absolute atomic E-state index is 12.6. The lowest BCUT2D eigenvalue weighted by atomic mass is 10.1. The second kappa shape index (κ2) is 7.29. The summed E-state index contributed by atoms with van der Waals surface area (Å²) in [5, 5.41) is 23.0. The number of fused-ring (bicyclic) bond motifs is 1. The standard InChI is InChI=1S/C19H28N6O3/c1-11(2)19(27)25-8-14(26)7-16(25)18-21-20-17-10-23(5-6-24(17)18)9-15-12(3)22-28-13(15)4/h11,14,16,26H,5-10H2,1-4H3/t14-,16+/m1/s1. The zero-order valence-corrected chi connectivity index (χ0v) is 16.9. The number of hydrogen-bond acceptors (Lipinski definition) is 7. The third-order valence-corrected chi connectivity index (χ3v) is 5.78. The molecule has 0 bridgehead atoms. The second-order valence-electron chi connectivity index (χ2n) is 8.19. The summed E-state index contributed by atoms with van der Waals surface area (Å²) in [4.78, 5) is 16.7. The summed E-state index contributed by atoms with van der Waals surface area (Å²) in [6, 6.07) is -0.208. The molecule has 2 aromatic rings. The van der Waals surface area contributed by atoms with Crippen LogP contribution in [-0.4, -0.2) is 59.9 Å². The molecule has 2 atom stereocenters. The van der Waals surface area contributed by atoms with E-state index >= 15 is 0 Å². The highest BCUT2D eigenvalue weighted by Crippen LogP contribution is 2.33. The normalized spacial score (nSPS) is 22.9. The minimum atomic E-state index is -0.514. The summed E-state index contributed by atoms with van der Waals surface area (Å²) in [6.45, 7) is 11.1. The van der Waals surface area contributed by atoms with E-state index in [1.807, 2.05) is 27.7 Å². The van der Waals surface area contributed by atoms with Crippen LogP contribution in [-0.2, 0) is 24.4 Å². The van der Waals surface area contributed by atoms with Gasteiger partial charge in [-0.05, 0) is 13.8 Å². The van der Waals surface area contributed by atoms with E-state index in [1.54, 1.807) is 4.90 Å². The Labute approximate surface area is 164 Å². The molecule has 0 spiro atoms. The average Bonchev–Trinajstić information content (AvgIpc) is 3.33. The molecular weight excluding hydrogens is 360 g/mol. The molecule has 0 aliphatic carbocycles. The Morgan fingerprint density at radius 2 is 2.07 bits per heavy atom. The van der Waals surface area contributed by atoms with Gasteiger partial charge in [-0.2, -0.15) is 0 Å². The number of aromatic nitrogens is 4. The smallest absolute Gasteiger partial charge is 0.225 e. The molecule has 1 fully saturated rings. The fraction of sp³-hybridized carbons (Fsp3) is 0.684. The van der Waals surface area contributed by atoms with Gasteiger partial charge in [-0.15, -0.1) is 10.2 Å². The third-order valence-electron chi connectivity index (χ3n) is 5.78. The van der Waals surface area contributed by atoms with Gasteiger partial charge in [0.2, 0.25) is 5.91 Å². The predicted octanol–water partition coefficient (Wildman–Crippen LogP) is 1.19. The molecule has 9 nitrogen and oxygen atoms in total. The van der Waals surface area contributed by atoms with Crippen molar-refractivity contribution >= 4 is 5.91 Å². The van der Waals surface area contributed by atoms with Gasteiger partial charge in [0, 0.05) is 44.1 Å². The van der Waals surface area contributed by atoms with Crippen LogP contribution >= 0.6 is 0 Å². The lowest BCUT2D eigenvalue weighted by molar-refractivity contribution is -0.135. The van der Waals surface area contributed by atoms with Crippen molar-refractivity contribution in [2.45, 2.75) is 65.9 Å². The summed E-state index contributed by atoms with van der Waals surface area (Å²) in [5.74, 6) is 2.48. The molecule has 1 N–H and O–H groups in total. The molecule has 0 aromatic carbocycles. The quantitative estimate of drug-likeness (QED) is 0.839. The molecule has 9 heteroatoms. The first-order valence-electron chi connectivity index (χ1n) is 9.89. The molecule has 2 aliphatic heterocycles. The van der Waals surface area contributed by atoms with Gasteiger partial charge >= 0.3 is 0 Å². The van der Waals surface area contributed by atoms with Crippen molar-refractivity contribution in [3.63, 3.8) is 0 Å². The van der Waals surface area contributed by atoms with Gasteiger partial charge in [-0.3, -0.25) is 9.69 Å². The van der Waals surface area contributed by atoms with Gasteiger partial charge < -0.3 is 19.1 Å². The van der Waals surface area contributed by atoms with Crippen molar-refractivity contribution in [1.29, 1.82) is 0 Å². The number of carbonyl (C=O) groups is 1. The lowest BCUT2D eigenvalue weighted by Crippen LogP contribution is -2.38. The fourth-order valence-electron chi connectivity index (χ4n) is 4.20. The molecule has 152 valence electrons. The zero-order chi connectivity index (χ0) is 20.0. The van der Waals surface area contributed by atoms with E-state index in [4.69, 9.17) is 4.52 Å². The molecule has 4 heterocycles. The van der Waals surface area contributed by atoms with Crippen LogP contribution in [0.15, 0.2) is 4.52 Å². The fourth-order valence-corrected chi connectivity index (χ4v) is 4.20. The summed E-state index contributed by atoms with van der Waals surface area (Å²) in [5.41, 5.74) is 2.05. The Balaban J connectivity index is 1.53. The van der Waals surface area contributed by atoms with Crippen molar-refractivity contribution in [3.05, 3.63) is 28.7 Å². The number of amides is 1. The Hall–Kier alpha value is -2.26. The van der Waals surface area contributed by atoms with E-state index in [1.165, 1.54) is 0 Å². The van der Waals surface area contributed by atoms with Crippen LogP contribution in [0.2, 0.25) is 0 Å². The van der Waals surface area contributed by atoms with E-state index in [0.29, 0.717) is 19.5 Å². The van der Waals surface area contributed by atoms with Crippen molar-refractivity contribution in [2.24, 2.45) is 5.92 Å². The summed E-state index contributed by atoms with van der Waals surface area (Å²) in [6.07, 6.45) is -0.000350. The Bertz CT molecular complexity index is 854. The molecule has 0 radical (unpaired) electrons. The minimum absolute atomic E-state index is 0.0507. The molecule has 0 saturated carbocycles. The van der Waals surface area contributed by atoms with Crippen LogP contribution < -0.4 is 0 Å². The monoisotopic (exact) mass is 388 g/mol. The van der Waals surface area contributed by atoms with Gasteiger partial charge in [0.15, 0.2) is 5.82 Å². The number of β-amino-alcohol motifs (C(OH)–C–C–N with tert-alkyl or cyclic N) is 1. The molecule has 28 heavy (non-hydrogen) atoms. The summed E-state index contributed by atoms with van der Waals surface area (Å²) < 4.78 is 7.39. The first kappa shape index (κ1) is 19.1. The van der Waals surface area contributed by atoms with Gasteiger partial charge in [0.25, 0.3) is 0 Å². The van der Waals surface area contributed by atoms with Crippen LogP contribution in [0, 0.1) is 19.8 Å². The Morgan fingerprint density at radius 3 is 2.75 bits per heavy atom. The number of carbonyl (C=O) groups excluding carboxylic acids is 1. The number of nitrogens with zero attached hydrogens (tertiary/aromatic N) is 6. The van der Waals surface area contributed by atoms with Crippen molar-refractivity contribution in [3.8, 4) is 0 Å². The highest BCUT2D eigenvalue weighted by molar-refractivity contribution is 5.78. The van der Waals surface area contributed by atoms with E-state index < -0.39 is 6.10 Å². The van der Waals surface area contributed by atoms with Crippen LogP contribution in [0.25, 0.3) is 0 Å². The van der Waals surface area contributed by atoms with Crippen LogP contribution in [0.3, 0.4) is 0 Å². The Kier molecular flexibility index (Phi) is 4.96. The number of aliphatic hydroxyl groups is 1. The largest absolute Gasteiger partial charge is 0.391 e. The van der Waals surface area contributed by atoms with E-state index in [9.17, 15) is 9.90 Å². The van der Waals surface area contributed by atoms with E-state index in [-0.39, 0.29) is 17.9 Å². The Morgan fingerprint density at radius 1 is 1.29 bits per heavy atom. The molecule has 0 unspecified atom stereocenters. The van der Waals surface area contributed by atoms with E-state index in [2.05, 4.69) is 24.8 Å². The maximum atomic E-state index is 12.6. The average molecular weight is 388 g/mol. The molecule has 4 rings (SSSR count). The second-order valence-corrected chi connectivity index (χ2v) is 8.19. The van der Waals surface area contributed by atoms with Crippen molar-refractivity contribution in [2.75, 3.05) is 13.1 Å². The summed E-state index contributed by atoms with van der Waals surface area (Å²) in [7, 11) is 0. The molecule has 2 aliphatic rings. The number of aryl methyl sites for hydroxylation is 2. The topological polar surface area (TPSA) is 101 Å². The van der Waals surface area contributed by atoms with Gasteiger partial charge in [-0.1, -0.05) is 19.0 Å². The van der Waals surface area contributed by atoms with Crippen LogP contribution in [0.5, 0.6) is 0 Å². The molecule has 1 saturated heterocycles. The predicted molar refractivity (Wildman–Crippen MR) is 100 cm³/mol. The number of hydrogen-bond donors (Lipinski definition) is 1. The number of likely N-dealkylation sites (tertiary alicyclic amines) is 1. The van der Waals surface area contributed by atoms with Crippen LogP contribution in [0.1, 0.15) is 55.0 Å². The van der Waals surface area contributed by atoms with Gasteiger partial charge in [0.05, 0.1) is 24.4 Å². The van der Waals surface area contributed by atoms with E-state index in [0.717, 1.165) is 48.3 Å².